The molecule has 10 nitrogen and oxygen atoms in total. The highest BCUT2D eigenvalue weighted by molar-refractivity contribution is 6.07. The Morgan fingerprint density at radius 1 is 1.09 bits per heavy atom. The van der Waals surface area contributed by atoms with Gasteiger partial charge in [-0.1, -0.05) is 30.3 Å². The first-order valence-electron chi connectivity index (χ1n) is 10.5. The van der Waals surface area contributed by atoms with Crippen LogP contribution in [0.25, 0.3) is 0 Å². The number of carbonyl (C=O) groups is 3. The quantitative estimate of drug-likeness (QED) is 0.569. The van der Waals surface area contributed by atoms with Gasteiger partial charge in [0.25, 0.3) is 0 Å². The Bertz CT molecular complexity index is 1280. The molecule has 3 rings (SSSR count). The van der Waals surface area contributed by atoms with Crippen molar-refractivity contribution in [2.24, 2.45) is 5.73 Å². The highest BCUT2D eigenvalue weighted by atomic mass is 16.5. The van der Waals surface area contributed by atoms with Crippen LogP contribution >= 0.6 is 0 Å². The number of carboxylic acids is 1. The first-order chi connectivity index (χ1) is 16.8. The number of ether oxygens (including phenoxy) is 3. The van der Waals surface area contributed by atoms with E-state index in [1.807, 2.05) is 6.07 Å². The molecule has 1 atom stereocenters. The third-order valence-electron chi connectivity index (χ3n) is 5.36. The van der Waals surface area contributed by atoms with E-state index in [-0.39, 0.29) is 46.3 Å². The number of rotatable bonds is 7. The zero-order valence-electron chi connectivity index (χ0n) is 19.3. The summed E-state index contributed by atoms with van der Waals surface area (Å²) in [4.78, 5) is 39.0. The van der Waals surface area contributed by atoms with Crippen molar-refractivity contribution in [2.45, 2.75) is 12.8 Å². The zero-order valence-corrected chi connectivity index (χ0v) is 19.3. The maximum Gasteiger partial charge on any atom is 0.355 e. The van der Waals surface area contributed by atoms with Crippen LogP contribution in [0.15, 0.2) is 71.2 Å². The lowest BCUT2D eigenvalue weighted by atomic mass is 9.81. The highest BCUT2D eigenvalue weighted by Gasteiger charge is 2.43. The van der Waals surface area contributed by atoms with Gasteiger partial charge in [0.1, 0.15) is 17.3 Å². The van der Waals surface area contributed by atoms with Crippen molar-refractivity contribution in [2.75, 3.05) is 25.7 Å². The molecular formula is C25H23N3O7. The van der Waals surface area contributed by atoms with Crippen LogP contribution in [0.4, 0.5) is 5.69 Å². The summed E-state index contributed by atoms with van der Waals surface area (Å²) in [7, 11) is 2.26. The van der Waals surface area contributed by atoms with Gasteiger partial charge >= 0.3 is 17.9 Å². The first kappa shape index (κ1) is 24.9. The normalized spacial score (nSPS) is 15.4. The van der Waals surface area contributed by atoms with Crippen LogP contribution in [-0.2, 0) is 19.1 Å². The molecule has 1 unspecified atom stereocenters. The molecule has 10 heteroatoms. The molecule has 0 aromatic heterocycles. The van der Waals surface area contributed by atoms with E-state index in [0.717, 1.165) is 19.1 Å². The highest BCUT2D eigenvalue weighted by Crippen LogP contribution is 2.45. The number of carboxylic acid groups (broad SMARTS) is 1. The minimum absolute atomic E-state index is 0.0327. The molecule has 0 saturated heterocycles. The van der Waals surface area contributed by atoms with Crippen LogP contribution in [0.1, 0.15) is 28.8 Å². The number of aromatic carboxylic acids is 1. The molecule has 180 valence electrons. The van der Waals surface area contributed by atoms with E-state index in [2.05, 4.69) is 0 Å². The molecule has 2 aromatic rings. The Balaban J connectivity index is 2.47. The zero-order chi connectivity index (χ0) is 25.7. The van der Waals surface area contributed by atoms with E-state index < -0.39 is 23.8 Å². The summed E-state index contributed by atoms with van der Waals surface area (Å²) in [5.74, 6) is -4.16. The third-order valence-corrected chi connectivity index (χ3v) is 5.36. The van der Waals surface area contributed by atoms with Crippen LogP contribution in [0.3, 0.4) is 0 Å². The number of methoxy groups -OCH3 is 2. The Morgan fingerprint density at radius 2 is 1.74 bits per heavy atom. The van der Waals surface area contributed by atoms with E-state index in [4.69, 9.17) is 19.9 Å². The van der Waals surface area contributed by atoms with Gasteiger partial charge in [-0.2, -0.15) is 5.26 Å². The van der Waals surface area contributed by atoms with Crippen molar-refractivity contribution in [3.05, 3.63) is 82.3 Å². The minimum atomic E-state index is -1.24. The van der Waals surface area contributed by atoms with Crippen molar-refractivity contribution < 1.29 is 33.7 Å². The smallest absolute Gasteiger partial charge is 0.355 e. The standard InChI is InChI=1S/C25H23N3O7/c1-4-35-18-11-10-15(23(29)30)12-17(18)28-21(25(32)34-3)20(24(31)33-2)19(16(13-26)22(28)27)14-8-6-5-7-9-14/h5-12,19H,4,27H2,1-3H3,(H,29,30). The SMILES string of the molecule is CCOc1ccc(C(=O)O)cc1N1C(N)=C(C#N)C(c2ccccc2)C(C(=O)OC)=C1C(=O)OC. The Labute approximate surface area is 201 Å². The van der Waals surface area contributed by atoms with Gasteiger partial charge < -0.3 is 25.1 Å². The van der Waals surface area contributed by atoms with Crippen LogP contribution in [0, 0.1) is 11.3 Å². The van der Waals surface area contributed by atoms with Crippen molar-refractivity contribution >= 4 is 23.6 Å². The summed E-state index contributed by atoms with van der Waals surface area (Å²) in [6.07, 6.45) is 0. The number of hydrogen-bond donors (Lipinski definition) is 2. The molecule has 3 N–H and O–H groups in total. The van der Waals surface area contributed by atoms with Crippen LogP contribution in [0.5, 0.6) is 5.75 Å². The summed E-state index contributed by atoms with van der Waals surface area (Å²) in [6.45, 7) is 1.92. The molecule has 0 radical (unpaired) electrons. The molecule has 1 aliphatic heterocycles. The van der Waals surface area contributed by atoms with Crippen molar-refractivity contribution in [3.8, 4) is 11.8 Å². The fourth-order valence-electron chi connectivity index (χ4n) is 3.87. The second-order valence-corrected chi connectivity index (χ2v) is 7.26. The second kappa shape index (κ2) is 10.4. The molecule has 0 amide bonds. The van der Waals surface area contributed by atoms with Gasteiger partial charge in [0.05, 0.1) is 55.2 Å². The number of nitrogens with two attached hydrogens (primary N) is 1. The number of esters is 2. The fourth-order valence-corrected chi connectivity index (χ4v) is 3.87. The van der Waals surface area contributed by atoms with E-state index in [0.29, 0.717) is 5.56 Å². The van der Waals surface area contributed by atoms with Gasteiger partial charge in [0.15, 0.2) is 0 Å². The number of anilines is 1. The molecule has 35 heavy (non-hydrogen) atoms. The Morgan fingerprint density at radius 3 is 2.29 bits per heavy atom. The average molecular weight is 477 g/mol. The lowest BCUT2D eigenvalue weighted by molar-refractivity contribution is -0.139. The van der Waals surface area contributed by atoms with Crippen LogP contribution in [0.2, 0.25) is 0 Å². The molecule has 0 aliphatic carbocycles. The van der Waals surface area contributed by atoms with E-state index in [9.17, 15) is 24.8 Å². The van der Waals surface area contributed by atoms with E-state index in [1.165, 1.54) is 18.2 Å². The average Bonchev–Trinajstić information content (AvgIpc) is 2.87. The lowest BCUT2D eigenvalue weighted by Gasteiger charge is -2.36. The molecular weight excluding hydrogens is 454 g/mol. The lowest BCUT2D eigenvalue weighted by Crippen LogP contribution is -2.41. The molecule has 0 spiro atoms. The van der Waals surface area contributed by atoms with Gasteiger partial charge in [-0.05, 0) is 30.7 Å². The molecule has 1 heterocycles. The third kappa shape index (κ3) is 4.52. The predicted octanol–water partition coefficient (Wildman–Crippen LogP) is 2.68. The summed E-state index contributed by atoms with van der Waals surface area (Å²) >= 11 is 0. The summed E-state index contributed by atoms with van der Waals surface area (Å²) in [6, 6.07) is 14.5. The molecule has 0 bridgehead atoms. The summed E-state index contributed by atoms with van der Waals surface area (Å²) < 4.78 is 15.6. The van der Waals surface area contributed by atoms with Gasteiger partial charge in [0.2, 0.25) is 0 Å². The van der Waals surface area contributed by atoms with Gasteiger partial charge in [0, 0.05) is 0 Å². The fraction of sp³-hybridized carbons (Fsp3) is 0.200. The Kier molecular flexibility index (Phi) is 7.41. The number of hydrogen-bond acceptors (Lipinski definition) is 9. The second-order valence-electron chi connectivity index (χ2n) is 7.26. The molecule has 2 aromatic carbocycles. The number of nitrogens with zero attached hydrogens (tertiary/aromatic N) is 2. The van der Waals surface area contributed by atoms with Crippen molar-refractivity contribution in [1.82, 2.24) is 0 Å². The van der Waals surface area contributed by atoms with Gasteiger partial charge in [-0.15, -0.1) is 0 Å². The maximum atomic E-state index is 13.1. The van der Waals surface area contributed by atoms with Crippen molar-refractivity contribution in [1.29, 1.82) is 5.26 Å². The van der Waals surface area contributed by atoms with Crippen LogP contribution < -0.4 is 15.4 Å². The summed E-state index contributed by atoms with van der Waals surface area (Å²) in [5, 5.41) is 19.6. The monoisotopic (exact) mass is 477 g/mol. The van der Waals surface area contributed by atoms with E-state index in [1.54, 1.807) is 37.3 Å². The molecule has 0 fully saturated rings. The maximum absolute atomic E-state index is 13.1. The number of nitriles is 1. The number of carbonyl (C=O) groups excluding carboxylic acids is 2. The van der Waals surface area contributed by atoms with E-state index >= 15 is 0 Å². The number of benzene rings is 2. The van der Waals surface area contributed by atoms with Gasteiger partial charge in [-0.25, -0.2) is 14.4 Å². The largest absolute Gasteiger partial charge is 0.492 e. The minimum Gasteiger partial charge on any atom is -0.492 e. The van der Waals surface area contributed by atoms with Crippen molar-refractivity contribution in [3.63, 3.8) is 0 Å². The summed E-state index contributed by atoms with van der Waals surface area (Å²) in [5.41, 5.74) is 6.30. The Hall–Kier alpha value is -4.78. The predicted molar refractivity (Wildman–Crippen MR) is 124 cm³/mol. The molecule has 1 aliphatic rings. The van der Waals surface area contributed by atoms with Crippen LogP contribution in [-0.4, -0.2) is 43.8 Å². The van der Waals surface area contributed by atoms with Gasteiger partial charge in [-0.3, -0.25) is 4.90 Å². The topological polar surface area (TPSA) is 152 Å². The first-order valence-corrected chi connectivity index (χ1v) is 10.5. The number of allylic oxidation sites excluding steroid dienone is 1. The molecule has 0 saturated carbocycles.